The number of hydrogen-bond donors (Lipinski definition) is 0. The Kier molecular flexibility index (Phi) is 4.15. The molecule has 0 unspecified atom stereocenters. The van der Waals surface area contributed by atoms with Crippen molar-refractivity contribution in [3.8, 4) is 0 Å². The number of carbonyl (C=O) groups is 1. The van der Waals surface area contributed by atoms with Gasteiger partial charge in [0.2, 0.25) is 0 Å². The van der Waals surface area contributed by atoms with Gasteiger partial charge in [-0.05, 0) is 29.8 Å². The van der Waals surface area contributed by atoms with E-state index in [1.54, 1.807) is 0 Å². The molecule has 92 valence electrons. The van der Waals surface area contributed by atoms with E-state index < -0.39 is 0 Å². The van der Waals surface area contributed by atoms with Gasteiger partial charge in [-0.2, -0.15) is 0 Å². The first-order valence-electron chi connectivity index (χ1n) is 5.70. The molecule has 0 saturated carbocycles. The molecule has 0 aliphatic carbocycles. The van der Waals surface area contributed by atoms with Crippen LogP contribution in [0, 0.1) is 0 Å². The SMILES string of the molecule is CN(Cc1cccc(Br)c1)c1ccccc1C=O. The number of para-hydroxylation sites is 1. The van der Waals surface area contributed by atoms with Crippen molar-refractivity contribution >= 4 is 27.9 Å². The predicted octanol–water partition coefficient (Wildman–Crippen LogP) is 3.90. The van der Waals surface area contributed by atoms with Crippen LogP contribution in [0.1, 0.15) is 15.9 Å². The maximum atomic E-state index is 11.0. The summed E-state index contributed by atoms with van der Waals surface area (Å²) < 4.78 is 1.07. The molecular weight excluding hydrogens is 290 g/mol. The molecule has 2 aromatic rings. The molecule has 0 amide bonds. The van der Waals surface area contributed by atoms with E-state index >= 15 is 0 Å². The summed E-state index contributed by atoms with van der Waals surface area (Å²) in [6.07, 6.45) is 0.896. The van der Waals surface area contributed by atoms with Crippen molar-refractivity contribution in [3.63, 3.8) is 0 Å². The molecule has 2 nitrogen and oxygen atoms in total. The second kappa shape index (κ2) is 5.83. The molecule has 0 aliphatic heterocycles. The molecular formula is C15H14BrNO. The molecule has 0 saturated heterocycles. The van der Waals surface area contributed by atoms with Crippen LogP contribution in [0.2, 0.25) is 0 Å². The molecule has 2 aromatic carbocycles. The lowest BCUT2D eigenvalue weighted by Crippen LogP contribution is -2.17. The highest BCUT2D eigenvalue weighted by Crippen LogP contribution is 2.20. The van der Waals surface area contributed by atoms with Gasteiger partial charge in [0.1, 0.15) is 0 Å². The molecule has 0 bridgehead atoms. The summed E-state index contributed by atoms with van der Waals surface area (Å²) >= 11 is 3.46. The number of hydrogen-bond acceptors (Lipinski definition) is 2. The van der Waals surface area contributed by atoms with Crippen molar-refractivity contribution in [2.75, 3.05) is 11.9 Å². The zero-order chi connectivity index (χ0) is 13.0. The van der Waals surface area contributed by atoms with Crippen LogP contribution in [0.25, 0.3) is 0 Å². The monoisotopic (exact) mass is 303 g/mol. The lowest BCUT2D eigenvalue weighted by molar-refractivity contribution is 0.112. The Labute approximate surface area is 115 Å². The van der Waals surface area contributed by atoms with Gasteiger partial charge in [-0.1, -0.05) is 40.2 Å². The summed E-state index contributed by atoms with van der Waals surface area (Å²) in [5, 5.41) is 0. The molecule has 0 N–H and O–H groups in total. The van der Waals surface area contributed by atoms with E-state index in [0.29, 0.717) is 0 Å². The minimum absolute atomic E-state index is 0.718. The van der Waals surface area contributed by atoms with Gasteiger partial charge < -0.3 is 4.90 Å². The highest BCUT2D eigenvalue weighted by molar-refractivity contribution is 9.10. The number of nitrogens with zero attached hydrogens (tertiary/aromatic N) is 1. The molecule has 0 atom stereocenters. The summed E-state index contributed by atoms with van der Waals surface area (Å²) in [6.45, 7) is 0.768. The summed E-state index contributed by atoms with van der Waals surface area (Å²) in [5.74, 6) is 0. The Morgan fingerprint density at radius 1 is 1.17 bits per heavy atom. The Morgan fingerprint density at radius 2 is 1.94 bits per heavy atom. The summed E-state index contributed by atoms with van der Waals surface area (Å²) in [5.41, 5.74) is 2.87. The van der Waals surface area contributed by atoms with Gasteiger partial charge in [-0.3, -0.25) is 4.79 Å². The fourth-order valence-electron chi connectivity index (χ4n) is 1.93. The largest absolute Gasteiger partial charge is 0.370 e. The van der Waals surface area contributed by atoms with Gasteiger partial charge in [0.05, 0.1) is 0 Å². The standard InChI is InChI=1S/C15H14BrNO/c1-17(10-12-5-4-7-14(16)9-12)15-8-3-2-6-13(15)11-18/h2-9,11H,10H2,1H3. The fraction of sp³-hybridized carbons (Fsp3) is 0.133. The van der Waals surface area contributed by atoms with Crippen LogP contribution >= 0.6 is 15.9 Å². The zero-order valence-corrected chi connectivity index (χ0v) is 11.7. The van der Waals surface area contributed by atoms with Gasteiger partial charge in [-0.25, -0.2) is 0 Å². The fourth-order valence-corrected chi connectivity index (χ4v) is 2.38. The van der Waals surface area contributed by atoms with Gasteiger partial charge in [-0.15, -0.1) is 0 Å². The van der Waals surface area contributed by atoms with E-state index in [4.69, 9.17) is 0 Å². The highest BCUT2D eigenvalue weighted by atomic mass is 79.9. The first kappa shape index (κ1) is 12.8. The zero-order valence-electron chi connectivity index (χ0n) is 10.1. The van der Waals surface area contributed by atoms with Crippen LogP contribution in [0.4, 0.5) is 5.69 Å². The first-order valence-corrected chi connectivity index (χ1v) is 6.50. The lowest BCUT2D eigenvalue weighted by Gasteiger charge is -2.21. The molecule has 0 radical (unpaired) electrons. The smallest absolute Gasteiger partial charge is 0.152 e. The molecule has 0 aliphatic rings. The van der Waals surface area contributed by atoms with E-state index in [9.17, 15) is 4.79 Å². The number of halogens is 1. The average Bonchev–Trinajstić information content (AvgIpc) is 2.38. The Morgan fingerprint density at radius 3 is 2.67 bits per heavy atom. The van der Waals surface area contributed by atoms with Crippen molar-refractivity contribution in [1.82, 2.24) is 0 Å². The van der Waals surface area contributed by atoms with Crippen LogP contribution in [0.5, 0.6) is 0 Å². The first-order chi connectivity index (χ1) is 8.70. The van der Waals surface area contributed by atoms with E-state index in [-0.39, 0.29) is 0 Å². The third kappa shape index (κ3) is 2.99. The number of anilines is 1. The predicted molar refractivity (Wildman–Crippen MR) is 78.1 cm³/mol. The average molecular weight is 304 g/mol. The third-order valence-corrected chi connectivity index (χ3v) is 3.28. The van der Waals surface area contributed by atoms with Gasteiger partial charge in [0, 0.05) is 29.3 Å². The van der Waals surface area contributed by atoms with E-state index in [1.165, 1.54) is 5.56 Å². The minimum atomic E-state index is 0.718. The summed E-state index contributed by atoms with van der Waals surface area (Å²) in [4.78, 5) is 13.1. The Bertz CT molecular complexity index is 554. The van der Waals surface area contributed by atoms with Crippen LogP contribution < -0.4 is 4.90 Å². The number of aldehydes is 1. The maximum Gasteiger partial charge on any atom is 0.152 e. The highest BCUT2D eigenvalue weighted by Gasteiger charge is 2.06. The lowest BCUT2D eigenvalue weighted by atomic mass is 10.1. The Balaban J connectivity index is 2.21. The molecule has 3 heteroatoms. The number of carbonyl (C=O) groups excluding carboxylic acids is 1. The maximum absolute atomic E-state index is 11.0. The van der Waals surface area contributed by atoms with E-state index in [1.807, 2.05) is 43.4 Å². The van der Waals surface area contributed by atoms with Crippen molar-refractivity contribution < 1.29 is 4.79 Å². The van der Waals surface area contributed by atoms with Gasteiger partial charge in [0.25, 0.3) is 0 Å². The summed E-state index contributed by atoms with van der Waals surface area (Å²) in [6, 6.07) is 15.8. The molecule has 0 aromatic heterocycles. The topological polar surface area (TPSA) is 20.3 Å². The van der Waals surface area contributed by atoms with Crippen LogP contribution in [-0.2, 0) is 6.54 Å². The normalized spacial score (nSPS) is 10.1. The van der Waals surface area contributed by atoms with Crippen molar-refractivity contribution in [3.05, 3.63) is 64.1 Å². The molecule has 0 fully saturated rings. The number of rotatable bonds is 4. The molecule has 0 heterocycles. The molecule has 2 rings (SSSR count). The van der Waals surface area contributed by atoms with Crippen molar-refractivity contribution in [2.45, 2.75) is 6.54 Å². The number of benzene rings is 2. The van der Waals surface area contributed by atoms with E-state index in [2.05, 4.69) is 33.0 Å². The Hall–Kier alpha value is -1.61. The van der Waals surface area contributed by atoms with Crippen LogP contribution in [0.15, 0.2) is 53.0 Å². The second-order valence-corrected chi connectivity index (χ2v) is 5.08. The van der Waals surface area contributed by atoms with Crippen LogP contribution in [-0.4, -0.2) is 13.3 Å². The third-order valence-electron chi connectivity index (χ3n) is 2.78. The minimum Gasteiger partial charge on any atom is -0.370 e. The quantitative estimate of drug-likeness (QED) is 0.799. The van der Waals surface area contributed by atoms with Crippen LogP contribution in [0.3, 0.4) is 0 Å². The van der Waals surface area contributed by atoms with Crippen molar-refractivity contribution in [1.29, 1.82) is 0 Å². The van der Waals surface area contributed by atoms with E-state index in [0.717, 1.165) is 28.6 Å². The molecule has 0 spiro atoms. The van der Waals surface area contributed by atoms with Gasteiger partial charge >= 0.3 is 0 Å². The van der Waals surface area contributed by atoms with Crippen molar-refractivity contribution in [2.24, 2.45) is 0 Å². The summed E-state index contributed by atoms with van der Waals surface area (Å²) in [7, 11) is 1.99. The second-order valence-electron chi connectivity index (χ2n) is 4.16. The molecule has 18 heavy (non-hydrogen) atoms. The van der Waals surface area contributed by atoms with Gasteiger partial charge in [0.15, 0.2) is 6.29 Å².